The van der Waals surface area contributed by atoms with E-state index in [1.807, 2.05) is 0 Å². The zero-order chi connectivity index (χ0) is 76.6. The fourth-order valence-electron chi connectivity index (χ4n) is 14.7. The van der Waals surface area contributed by atoms with Crippen molar-refractivity contribution in [3.8, 4) is 34.5 Å². The number of hydrogen-bond acceptors (Lipinski definition) is 6. The van der Waals surface area contributed by atoms with Crippen molar-refractivity contribution in [2.75, 3.05) is 39.6 Å². The van der Waals surface area contributed by atoms with Crippen LogP contribution in [0.15, 0.2) is 72.8 Å². The van der Waals surface area contributed by atoms with Crippen LogP contribution in [0.3, 0.4) is 0 Å². The Balaban J connectivity index is 1.49. The minimum absolute atomic E-state index is 0.678. The molecule has 0 aliphatic carbocycles. The van der Waals surface area contributed by atoms with Crippen LogP contribution >= 0.6 is 0 Å². The topological polar surface area (TPSA) is 55.4 Å². The van der Waals surface area contributed by atoms with Gasteiger partial charge in [0.05, 0.1) is 39.6 Å². The maximum Gasteiger partial charge on any atom is 0.203 e. The van der Waals surface area contributed by atoms with E-state index in [2.05, 4.69) is 151 Å². The van der Waals surface area contributed by atoms with Crippen LogP contribution < -0.4 is 28.4 Å². The van der Waals surface area contributed by atoms with Gasteiger partial charge in [0.1, 0.15) is 0 Å². The van der Waals surface area contributed by atoms with Gasteiger partial charge in [-0.2, -0.15) is 0 Å². The molecule has 0 radical (unpaired) electrons. The lowest BCUT2D eigenvalue weighted by atomic mass is 10.1. The van der Waals surface area contributed by atoms with Crippen molar-refractivity contribution in [3.05, 3.63) is 106 Å². The second-order valence-electron chi connectivity index (χ2n) is 32.2. The quantitative estimate of drug-likeness (QED) is 0.0324. The first kappa shape index (κ1) is 95.3. The molecule has 0 bridgehead atoms. The summed E-state index contributed by atoms with van der Waals surface area (Å²) >= 11 is 0. The molecule has 0 aliphatic heterocycles. The van der Waals surface area contributed by atoms with Crippen molar-refractivity contribution in [2.45, 2.75) is 427 Å². The van der Waals surface area contributed by atoms with E-state index in [9.17, 15) is 0 Å². The van der Waals surface area contributed by atoms with Crippen molar-refractivity contribution in [1.29, 1.82) is 0 Å². The standard InChI is InChI=1S/C102H168O6/c1-7-13-19-25-31-37-43-49-55-61-81-103-97-87-95(88-98(104-82-62-56-50-44-38-32-26-20-14-8-2)101(97)107-85-65-59-53-47-41-35-29-23-17-11-5)79-77-93-73-69-91(70-74-93)67-68-92-71-75-94(76-72-92)78-80-96-89-99(105-83-63-57-51-45-39-33-27-21-15-9-3)102(108-86-66-60-54-48-42-36-30-24-18-12-6)100(90-96)106-84-64-58-52-46-40-34-28-22-16-10-4/h67-80,87-90H,7-66,81-86H2,1-6H3/b68-67+,79-77+,80-78+. The molecule has 0 amide bonds. The summed E-state index contributed by atoms with van der Waals surface area (Å²) in [5.41, 5.74) is 6.77. The first-order chi connectivity index (χ1) is 53.5. The van der Waals surface area contributed by atoms with Crippen LogP contribution in [0.4, 0.5) is 0 Å². The zero-order valence-corrected chi connectivity index (χ0v) is 71.5. The van der Waals surface area contributed by atoms with Gasteiger partial charge in [-0.1, -0.05) is 473 Å². The molecule has 0 atom stereocenters. The second-order valence-corrected chi connectivity index (χ2v) is 32.2. The maximum atomic E-state index is 6.76. The zero-order valence-electron chi connectivity index (χ0n) is 71.5. The summed E-state index contributed by atoms with van der Waals surface area (Å²) in [6.45, 7) is 17.9. The first-order valence-corrected chi connectivity index (χ1v) is 46.9. The Morgan fingerprint density at radius 3 is 0.444 bits per heavy atom. The van der Waals surface area contributed by atoms with Crippen molar-refractivity contribution in [1.82, 2.24) is 0 Å². The van der Waals surface area contributed by atoms with Crippen LogP contribution in [0.2, 0.25) is 0 Å². The van der Waals surface area contributed by atoms with Crippen LogP contribution in [0, 0.1) is 0 Å². The number of unbranched alkanes of at least 4 members (excludes halogenated alkanes) is 54. The highest BCUT2D eigenvalue weighted by Gasteiger charge is 2.18. The molecule has 0 saturated heterocycles. The predicted molar refractivity (Wildman–Crippen MR) is 477 cm³/mol. The van der Waals surface area contributed by atoms with Gasteiger partial charge in [0, 0.05) is 0 Å². The molecule has 0 aromatic heterocycles. The highest BCUT2D eigenvalue weighted by molar-refractivity contribution is 5.76. The Morgan fingerprint density at radius 1 is 0.157 bits per heavy atom. The van der Waals surface area contributed by atoms with Gasteiger partial charge in [-0.05, 0) is 96.2 Å². The van der Waals surface area contributed by atoms with Gasteiger partial charge in [0.15, 0.2) is 23.0 Å². The lowest BCUT2D eigenvalue weighted by Gasteiger charge is -2.18. The third kappa shape index (κ3) is 51.5. The number of ether oxygens (including phenoxy) is 6. The molecule has 0 aliphatic rings. The lowest BCUT2D eigenvalue weighted by molar-refractivity contribution is 0.234. The Hall–Kier alpha value is -5.10. The van der Waals surface area contributed by atoms with Gasteiger partial charge in [-0.25, -0.2) is 0 Å². The third-order valence-electron chi connectivity index (χ3n) is 21.9. The van der Waals surface area contributed by atoms with Gasteiger partial charge in [0.2, 0.25) is 11.5 Å². The van der Waals surface area contributed by atoms with Crippen LogP contribution in [0.1, 0.15) is 460 Å². The molecule has 4 aromatic carbocycles. The summed E-state index contributed by atoms with van der Waals surface area (Å²) in [6.07, 6.45) is 91.4. The molecule has 6 nitrogen and oxygen atoms in total. The van der Waals surface area contributed by atoms with E-state index < -0.39 is 0 Å². The minimum atomic E-state index is 0.678. The highest BCUT2D eigenvalue weighted by Crippen LogP contribution is 2.42. The largest absolute Gasteiger partial charge is 0.490 e. The van der Waals surface area contributed by atoms with Gasteiger partial charge < -0.3 is 28.4 Å². The van der Waals surface area contributed by atoms with E-state index in [1.165, 1.54) is 358 Å². The van der Waals surface area contributed by atoms with Gasteiger partial charge in [-0.3, -0.25) is 0 Å². The second kappa shape index (κ2) is 71.0. The minimum Gasteiger partial charge on any atom is -0.490 e. The fourth-order valence-corrected chi connectivity index (χ4v) is 14.7. The highest BCUT2D eigenvalue weighted by atomic mass is 16.5. The average molecular weight is 1490 g/mol. The Labute approximate surface area is 668 Å². The summed E-state index contributed by atoms with van der Waals surface area (Å²) in [5.74, 6) is 4.83. The van der Waals surface area contributed by atoms with Crippen molar-refractivity contribution >= 4 is 36.5 Å². The van der Waals surface area contributed by atoms with Gasteiger partial charge in [-0.15, -0.1) is 0 Å². The van der Waals surface area contributed by atoms with Crippen molar-refractivity contribution in [3.63, 3.8) is 0 Å². The van der Waals surface area contributed by atoms with Crippen LogP contribution in [-0.2, 0) is 0 Å². The molecule has 0 fully saturated rings. The molecule has 108 heavy (non-hydrogen) atoms. The first-order valence-electron chi connectivity index (χ1n) is 46.9. The lowest BCUT2D eigenvalue weighted by Crippen LogP contribution is -2.07. The Kier molecular flexibility index (Phi) is 62.6. The van der Waals surface area contributed by atoms with Crippen molar-refractivity contribution < 1.29 is 28.4 Å². The molecule has 0 spiro atoms. The summed E-state index contributed by atoms with van der Waals surface area (Å²) in [4.78, 5) is 0. The summed E-state index contributed by atoms with van der Waals surface area (Å²) < 4.78 is 40.6. The molecule has 0 saturated carbocycles. The summed E-state index contributed by atoms with van der Waals surface area (Å²) in [7, 11) is 0. The van der Waals surface area contributed by atoms with Crippen molar-refractivity contribution in [2.24, 2.45) is 0 Å². The number of rotatable bonds is 78. The Morgan fingerprint density at radius 2 is 0.287 bits per heavy atom. The summed E-state index contributed by atoms with van der Waals surface area (Å²) in [5, 5.41) is 0. The molecule has 0 unspecified atom stereocenters. The SMILES string of the molecule is CCCCCCCCCCCCOc1cc(/C=C/c2ccc(/C=C/c3ccc(/C=C/c4cc(OCCCCCCCCCCCC)c(OCCCCCCCCCCCC)c(OCCCCCCCCCCCC)c4)cc3)cc2)cc(OCCCCCCCCCCCC)c1OCCCCCCCCCCCC. The molecule has 4 aromatic rings. The molecular formula is C102H168O6. The Bertz CT molecular complexity index is 2440. The monoisotopic (exact) mass is 1490 g/mol. The fraction of sp³-hybridized carbons (Fsp3) is 0.706. The smallest absolute Gasteiger partial charge is 0.203 e. The van der Waals surface area contributed by atoms with E-state index in [0.29, 0.717) is 39.6 Å². The van der Waals surface area contributed by atoms with E-state index in [0.717, 1.165) is 95.3 Å². The van der Waals surface area contributed by atoms with Crippen LogP contribution in [0.25, 0.3) is 36.5 Å². The van der Waals surface area contributed by atoms with Crippen LogP contribution in [-0.4, -0.2) is 39.6 Å². The molecule has 612 valence electrons. The number of hydrogen-bond donors (Lipinski definition) is 0. The van der Waals surface area contributed by atoms with E-state index in [1.54, 1.807) is 0 Å². The van der Waals surface area contributed by atoms with Crippen LogP contribution in [0.5, 0.6) is 34.5 Å². The van der Waals surface area contributed by atoms with E-state index in [-0.39, 0.29) is 0 Å². The molecule has 4 rings (SSSR count). The summed E-state index contributed by atoms with van der Waals surface area (Å²) in [6, 6.07) is 26.5. The normalized spacial score (nSPS) is 11.7. The molecular weight excluding hydrogens is 1320 g/mol. The third-order valence-corrected chi connectivity index (χ3v) is 21.9. The number of benzene rings is 4. The van der Waals surface area contributed by atoms with Gasteiger partial charge in [0.25, 0.3) is 0 Å². The van der Waals surface area contributed by atoms with E-state index >= 15 is 0 Å². The average Bonchev–Trinajstić information content (AvgIpc) is 0.829. The van der Waals surface area contributed by atoms with E-state index in [4.69, 9.17) is 28.4 Å². The molecule has 0 heterocycles. The molecule has 0 N–H and O–H groups in total. The predicted octanol–water partition coefficient (Wildman–Crippen LogP) is 34.0. The van der Waals surface area contributed by atoms with Gasteiger partial charge >= 0.3 is 0 Å². The molecule has 6 heteroatoms. The maximum absolute atomic E-state index is 6.76.